The minimum Gasteiger partial charge on any atom is -0.466 e. The molecule has 0 aliphatic carbocycles. The molecule has 8 heteroatoms. The molecular formula is C15H21BrN2O5. The molecule has 2 aliphatic rings. The van der Waals surface area contributed by atoms with Crippen molar-refractivity contribution in [1.82, 2.24) is 5.32 Å². The maximum Gasteiger partial charge on any atom is 0.344 e. The average Bonchev–Trinajstić information content (AvgIpc) is 3.20. The largest absolute Gasteiger partial charge is 0.466 e. The molecule has 7 nitrogen and oxygen atoms in total. The molecule has 1 amide bonds. The summed E-state index contributed by atoms with van der Waals surface area (Å²) in [7, 11) is 0. The number of rotatable bonds is 4. The number of nitrogens with zero attached hydrogens (tertiary/aromatic N) is 1. The Kier molecular flexibility index (Phi) is 12.5. The molecule has 2 heterocycles. The second-order valence-corrected chi connectivity index (χ2v) is 4.72. The maximum absolute atomic E-state index is 10.8. The van der Waals surface area contributed by atoms with Gasteiger partial charge in [-0.3, -0.25) is 9.59 Å². The second kappa shape index (κ2) is 13.7. The number of esters is 1. The van der Waals surface area contributed by atoms with Crippen molar-refractivity contribution in [3.05, 3.63) is 24.3 Å². The van der Waals surface area contributed by atoms with Gasteiger partial charge in [0.1, 0.15) is 5.78 Å². The summed E-state index contributed by atoms with van der Waals surface area (Å²) in [6.07, 6.45) is 6.92. The van der Waals surface area contributed by atoms with Crippen LogP contribution in [0.3, 0.4) is 0 Å². The van der Waals surface area contributed by atoms with Crippen LogP contribution in [-0.4, -0.2) is 55.2 Å². The second-order valence-electron chi connectivity index (χ2n) is 4.16. The first kappa shape index (κ1) is 21.0. The van der Waals surface area contributed by atoms with Gasteiger partial charge < -0.3 is 14.8 Å². The third-order valence-corrected chi connectivity index (χ3v) is 2.90. The topological polar surface area (TPSA) is 94.1 Å². The van der Waals surface area contributed by atoms with Gasteiger partial charge in [0.2, 0.25) is 11.8 Å². The van der Waals surface area contributed by atoms with Crippen molar-refractivity contribution in [2.75, 3.05) is 31.6 Å². The average molecular weight is 389 g/mol. The molecule has 0 aromatic heterocycles. The number of ether oxygens (including phenoxy) is 2. The van der Waals surface area contributed by atoms with Crippen LogP contribution < -0.4 is 5.32 Å². The maximum atomic E-state index is 10.8. The molecule has 2 aliphatic heterocycles. The smallest absolute Gasteiger partial charge is 0.344 e. The fourth-order valence-corrected chi connectivity index (χ4v) is 1.16. The van der Waals surface area contributed by atoms with E-state index in [1.165, 1.54) is 13.0 Å². The highest BCUT2D eigenvalue weighted by Crippen LogP contribution is 1.95. The van der Waals surface area contributed by atoms with E-state index in [2.05, 4.69) is 31.0 Å². The summed E-state index contributed by atoms with van der Waals surface area (Å²) in [5.41, 5.74) is 0. The van der Waals surface area contributed by atoms with Crippen LogP contribution in [0.1, 0.15) is 13.8 Å². The van der Waals surface area contributed by atoms with Crippen molar-refractivity contribution in [3.8, 4) is 0 Å². The van der Waals surface area contributed by atoms with E-state index in [-0.39, 0.29) is 24.3 Å². The van der Waals surface area contributed by atoms with Crippen molar-refractivity contribution in [2.45, 2.75) is 13.8 Å². The molecule has 2 rings (SSSR count). The van der Waals surface area contributed by atoms with Crippen LogP contribution in [0.4, 0.5) is 0 Å². The van der Waals surface area contributed by atoms with Gasteiger partial charge in [-0.05, 0) is 19.9 Å². The van der Waals surface area contributed by atoms with Crippen LogP contribution in [0.2, 0.25) is 0 Å². The Morgan fingerprint density at radius 3 is 2.39 bits per heavy atom. The number of carbonyl (C=O) groups is 3. The molecule has 0 unspecified atom stereocenters. The third kappa shape index (κ3) is 13.4. The quantitative estimate of drug-likeness (QED) is 0.576. The van der Waals surface area contributed by atoms with E-state index < -0.39 is 0 Å². The monoisotopic (exact) mass is 388 g/mol. The Balaban J connectivity index is 0.000000367. The lowest BCUT2D eigenvalue weighted by Gasteiger charge is -2.02. The van der Waals surface area contributed by atoms with Crippen LogP contribution in [0, 0.1) is 0 Å². The van der Waals surface area contributed by atoms with E-state index in [9.17, 15) is 14.4 Å². The Morgan fingerprint density at radius 1 is 1.35 bits per heavy atom. The number of hydrogen-bond acceptors (Lipinski definition) is 6. The Labute approximate surface area is 143 Å². The summed E-state index contributed by atoms with van der Waals surface area (Å²) in [5, 5.41) is 3.05. The first-order valence-electron chi connectivity index (χ1n) is 6.98. The fraction of sp³-hybridized carbons (Fsp3) is 0.467. The minimum absolute atomic E-state index is 0.0231. The zero-order valence-corrected chi connectivity index (χ0v) is 14.8. The Morgan fingerprint density at radius 2 is 2.04 bits per heavy atom. The van der Waals surface area contributed by atoms with Crippen molar-refractivity contribution >= 4 is 39.5 Å². The van der Waals surface area contributed by atoms with E-state index in [4.69, 9.17) is 4.74 Å². The zero-order chi connectivity index (χ0) is 17.5. The highest BCUT2D eigenvalue weighted by atomic mass is 79.9. The summed E-state index contributed by atoms with van der Waals surface area (Å²) >= 11 is 2.96. The Hall–Kier alpha value is -1.96. The molecule has 0 fully saturated rings. The number of hydrogen-bond donors (Lipinski definition) is 1. The molecular weight excluding hydrogens is 368 g/mol. The van der Waals surface area contributed by atoms with Gasteiger partial charge in [0, 0.05) is 12.6 Å². The molecule has 0 saturated carbocycles. The van der Waals surface area contributed by atoms with Crippen molar-refractivity contribution in [1.29, 1.82) is 0 Å². The van der Waals surface area contributed by atoms with Crippen molar-refractivity contribution in [3.63, 3.8) is 0 Å². The van der Waals surface area contributed by atoms with E-state index in [0.29, 0.717) is 30.9 Å². The van der Waals surface area contributed by atoms with Gasteiger partial charge in [-0.25, -0.2) is 9.79 Å². The predicted octanol–water partition coefficient (Wildman–Crippen LogP) is 1.18. The zero-order valence-electron chi connectivity index (χ0n) is 13.2. The molecule has 0 bridgehead atoms. The lowest BCUT2D eigenvalue weighted by atomic mass is 10.5. The first-order chi connectivity index (χ1) is 11.0. The van der Waals surface area contributed by atoms with Crippen molar-refractivity contribution in [2.24, 2.45) is 4.99 Å². The van der Waals surface area contributed by atoms with E-state index in [1.54, 1.807) is 19.1 Å². The summed E-state index contributed by atoms with van der Waals surface area (Å²) in [6.45, 7) is 4.96. The molecule has 0 radical (unpaired) electrons. The Bertz CT molecular complexity index is 486. The van der Waals surface area contributed by atoms with E-state index in [1.807, 2.05) is 6.08 Å². The van der Waals surface area contributed by atoms with E-state index in [0.717, 1.165) is 0 Å². The number of nitrogens with one attached hydrogen (secondary N) is 1. The van der Waals surface area contributed by atoms with Crippen LogP contribution in [-0.2, 0) is 23.9 Å². The number of alkyl halides is 1. The highest BCUT2D eigenvalue weighted by molar-refractivity contribution is 9.09. The minimum atomic E-state index is -0.361. The summed E-state index contributed by atoms with van der Waals surface area (Å²) in [6, 6.07) is 0. The van der Waals surface area contributed by atoms with Crippen LogP contribution in [0.25, 0.3) is 0 Å². The van der Waals surface area contributed by atoms with Crippen LogP contribution in [0.15, 0.2) is 29.3 Å². The SMILES string of the molecule is CC(=O)CBr.CCOC(=O)COC1=NCC=C1.O=C1C=CCN1. The third-order valence-electron chi connectivity index (χ3n) is 2.11. The van der Waals surface area contributed by atoms with Gasteiger partial charge in [-0.15, -0.1) is 0 Å². The summed E-state index contributed by atoms with van der Waals surface area (Å²) in [4.78, 5) is 34.5. The number of Topliss-reactive ketones (excluding diaryl/α,β-unsaturated/α-hetero) is 1. The van der Waals surface area contributed by atoms with Gasteiger partial charge in [-0.2, -0.15) is 0 Å². The number of ketones is 1. The van der Waals surface area contributed by atoms with Gasteiger partial charge in [-0.1, -0.05) is 28.1 Å². The van der Waals surface area contributed by atoms with Gasteiger partial charge in [0.25, 0.3) is 0 Å². The molecule has 23 heavy (non-hydrogen) atoms. The summed E-state index contributed by atoms with van der Waals surface area (Å²) < 4.78 is 9.66. The molecule has 0 atom stereocenters. The normalized spacial score (nSPS) is 13.9. The predicted molar refractivity (Wildman–Crippen MR) is 90.7 cm³/mol. The molecule has 128 valence electrons. The van der Waals surface area contributed by atoms with Crippen molar-refractivity contribution < 1.29 is 23.9 Å². The first-order valence-corrected chi connectivity index (χ1v) is 8.10. The number of amides is 1. The molecule has 0 aromatic carbocycles. The fourth-order valence-electron chi connectivity index (χ4n) is 1.16. The van der Waals surface area contributed by atoms with Gasteiger partial charge in [0.05, 0.1) is 18.5 Å². The lowest BCUT2D eigenvalue weighted by molar-refractivity contribution is -0.145. The number of halogens is 1. The molecule has 0 aromatic rings. The molecule has 0 saturated heterocycles. The van der Waals surface area contributed by atoms with Crippen LogP contribution >= 0.6 is 15.9 Å². The highest BCUT2D eigenvalue weighted by Gasteiger charge is 2.05. The number of aliphatic imine (C=N–C) groups is 1. The van der Waals surface area contributed by atoms with Gasteiger partial charge >= 0.3 is 5.97 Å². The lowest BCUT2D eigenvalue weighted by Crippen LogP contribution is -2.14. The van der Waals surface area contributed by atoms with Gasteiger partial charge in [0.15, 0.2) is 6.61 Å². The van der Waals surface area contributed by atoms with Crippen LogP contribution in [0.5, 0.6) is 0 Å². The molecule has 1 N–H and O–H groups in total. The standard InChI is InChI=1S/C8H11NO3.C4H5NO.C3H5BrO/c1-2-11-8(10)6-12-7-4-3-5-9-7;6-4-2-1-3-5-4;1-3(5)2-4/h3-4H,2,5-6H2,1H3;1-2H,3H2,(H,5,6);2H2,1H3. The number of carbonyl (C=O) groups excluding carboxylic acids is 3. The molecule has 0 spiro atoms. The summed E-state index contributed by atoms with van der Waals surface area (Å²) in [5.74, 6) is 0.337. The van der Waals surface area contributed by atoms with E-state index >= 15 is 0 Å².